The first kappa shape index (κ1) is 29.1. The lowest BCUT2D eigenvalue weighted by Gasteiger charge is -2.45. The maximum Gasteiger partial charge on any atom is 0.318 e. The highest BCUT2D eigenvalue weighted by Gasteiger charge is 2.42. The summed E-state index contributed by atoms with van der Waals surface area (Å²) in [5.41, 5.74) is 3.40. The number of benzene rings is 3. The van der Waals surface area contributed by atoms with Crippen molar-refractivity contribution in [3.05, 3.63) is 83.9 Å². The molecule has 8 nitrogen and oxygen atoms in total. The van der Waals surface area contributed by atoms with Crippen molar-refractivity contribution in [1.29, 1.82) is 0 Å². The second-order valence-corrected chi connectivity index (χ2v) is 10.0. The molecule has 0 aromatic heterocycles. The van der Waals surface area contributed by atoms with Crippen LogP contribution < -0.4 is 14.8 Å². The van der Waals surface area contributed by atoms with Gasteiger partial charge in [0.1, 0.15) is 23.3 Å². The Bertz CT molecular complexity index is 1260. The van der Waals surface area contributed by atoms with Crippen molar-refractivity contribution in [2.24, 2.45) is 0 Å². The van der Waals surface area contributed by atoms with Crippen LogP contribution in [-0.2, 0) is 22.6 Å². The third kappa shape index (κ3) is 7.00. The molecule has 3 aromatic carbocycles. The Morgan fingerprint density at radius 1 is 0.950 bits per heavy atom. The van der Waals surface area contributed by atoms with Crippen molar-refractivity contribution >= 4 is 12.3 Å². The van der Waals surface area contributed by atoms with Gasteiger partial charge in [0, 0.05) is 45.4 Å². The maximum atomic E-state index is 13.4. The molecule has 0 saturated carbocycles. The van der Waals surface area contributed by atoms with Gasteiger partial charge in [-0.1, -0.05) is 48.5 Å². The Labute approximate surface area is 236 Å². The van der Waals surface area contributed by atoms with Crippen LogP contribution in [0.4, 0.5) is 4.79 Å². The first-order chi connectivity index (χ1) is 19.5. The van der Waals surface area contributed by atoms with Crippen molar-refractivity contribution in [1.82, 2.24) is 15.1 Å². The average Bonchev–Trinajstić information content (AvgIpc) is 3.01. The van der Waals surface area contributed by atoms with Crippen LogP contribution in [0.25, 0.3) is 11.1 Å². The Kier molecular flexibility index (Phi) is 10.2. The summed E-state index contributed by atoms with van der Waals surface area (Å²) in [5, 5.41) is 2.99. The highest BCUT2D eigenvalue weighted by Crippen LogP contribution is 2.32. The van der Waals surface area contributed by atoms with E-state index in [-0.39, 0.29) is 6.03 Å². The van der Waals surface area contributed by atoms with Crippen molar-refractivity contribution in [3.8, 4) is 22.6 Å². The molecule has 40 heavy (non-hydrogen) atoms. The minimum absolute atomic E-state index is 0.280. The molecule has 0 radical (unpaired) electrons. The maximum absolute atomic E-state index is 13.4. The molecule has 0 unspecified atom stereocenters. The number of hydrogen-bond acceptors (Lipinski definition) is 6. The standard InChI is InChI=1S/C32H39N3O5/c1-38-19-18-35(31(37)33-22-25-8-7-11-29(20-25)39-2)32(24-36)14-16-34(17-15-32)23-28-21-27(12-13-30(28)40-3)26-9-5-4-6-10-26/h4-13,20-21,24H,14-19,22-23H2,1-3H3,(H,33,37). The number of aldehydes is 1. The predicted octanol–water partition coefficient (Wildman–Crippen LogP) is 4.76. The number of carbonyl (C=O) groups excluding carboxylic acids is 2. The summed E-state index contributed by atoms with van der Waals surface area (Å²) >= 11 is 0. The third-order valence-corrected chi connectivity index (χ3v) is 7.60. The number of amides is 2. The molecule has 8 heteroatoms. The van der Waals surface area contributed by atoms with Gasteiger partial charge >= 0.3 is 6.03 Å². The molecule has 1 fully saturated rings. The van der Waals surface area contributed by atoms with Crippen molar-refractivity contribution < 1.29 is 23.8 Å². The van der Waals surface area contributed by atoms with Crippen LogP contribution in [0, 0.1) is 0 Å². The van der Waals surface area contributed by atoms with E-state index in [2.05, 4.69) is 34.5 Å². The monoisotopic (exact) mass is 545 g/mol. The lowest BCUT2D eigenvalue weighted by atomic mass is 9.86. The van der Waals surface area contributed by atoms with Gasteiger partial charge in [-0.2, -0.15) is 0 Å². The number of rotatable bonds is 12. The normalized spacial score (nSPS) is 14.8. The second-order valence-electron chi connectivity index (χ2n) is 10.0. The molecule has 0 spiro atoms. The molecule has 1 aliphatic rings. The summed E-state index contributed by atoms with van der Waals surface area (Å²) in [7, 11) is 4.90. The molecule has 0 bridgehead atoms. The van der Waals surface area contributed by atoms with E-state index in [4.69, 9.17) is 14.2 Å². The quantitative estimate of drug-likeness (QED) is 0.331. The average molecular weight is 546 g/mol. The largest absolute Gasteiger partial charge is 0.497 e. The van der Waals surface area contributed by atoms with Crippen molar-refractivity contribution in [2.45, 2.75) is 31.5 Å². The molecule has 212 valence electrons. The van der Waals surface area contributed by atoms with E-state index in [1.165, 1.54) is 0 Å². The van der Waals surface area contributed by atoms with Crippen molar-refractivity contribution in [2.75, 3.05) is 47.6 Å². The topological polar surface area (TPSA) is 80.3 Å². The molecular formula is C32H39N3O5. The van der Waals surface area contributed by atoms with Crippen LogP contribution in [0.2, 0.25) is 0 Å². The minimum Gasteiger partial charge on any atom is -0.497 e. The second kappa shape index (κ2) is 14.0. The number of nitrogens with one attached hydrogen (secondary N) is 1. The number of hydrogen-bond donors (Lipinski definition) is 1. The summed E-state index contributed by atoms with van der Waals surface area (Å²) in [4.78, 5) is 30.0. The van der Waals surface area contributed by atoms with Crippen LogP contribution in [0.1, 0.15) is 24.0 Å². The number of carbonyl (C=O) groups is 2. The van der Waals surface area contributed by atoms with E-state index in [9.17, 15) is 9.59 Å². The van der Waals surface area contributed by atoms with E-state index >= 15 is 0 Å². The van der Waals surface area contributed by atoms with E-state index in [1.807, 2.05) is 48.5 Å². The zero-order valence-corrected chi connectivity index (χ0v) is 23.6. The van der Waals surface area contributed by atoms with Gasteiger partial charge in [-0.3, -0.25) is 4.90 Å². The lowest BCUT2D eigenvalue weighted by Crippen LogP contribution is -2.61. The summed E-state index contributed by atoms with van der Waals surface area (Å²) in [6.07, 6.45) is 2.02. The number of likely N-dealkylation sites (tertiary alicyclic amines) is 1. The number of ether oxygens (including phenoxy) is 3. The van der Waals surface area contributed by atoms with Gasteiger partial charge in [0.05, 0.1) is 20.8 Å². The summed E-state index contributed by atoms with van der Waals surface area (Å²) in [5.74, 6) is 1.57. The zero-order chi connectivity index (χ0) is 28.4. The summed E-state index contributed by atoms with van der Waals surface area (Å²) in [6, 6.07) is 23.8. The molecule has 4 rings (SSSR count). The third-order valence-electron chi connectivity index (χ3n) is 7.60. The lowest BCUT2D eigenvalue weighted by molar-refractivity contribution is -0.120. The van der Waals surface area contributed by atoms with E-state index < -0.39 is 5.54 Å². The molecular weight excluding hydrogens is 506 g/mol. The SMILES string of the molecule is COCCN(C(=O)NCc1cccc(OC)c1)C1(C=O)CCN(Cc2cc(-c3ccccc3)ccc2OC)CC1. The van der Waals surface area contributed by atoms with Gasteiger partial charge < -0.3 is 29.2 Å². The predicted molar refractivity (Wildman–Crippen MR) is 156 cm³/mol. The molecule has 0 aliphatic carbocycles. The Morgan fingerprint density at radius 2 is 1.73 bits per heavy atom. The van der Waals surface area contributed by atoms with Gasteiger partial charge in [0.15, 0.2) is 0 Å². The highest BCUT2D eigenvalue weighted by atomic mass is 16.5. The number of methoxy groups -OCH3 is 3. The Morgan fingerprint density at radius 3 is 2.40 bits per heavy atom. The first-order valence-corrected chi connectivity index (χ1v) is 13.6. The fraction of sp³-hybridized carbons (Fsp3) is 0.375. The molecule has 3 aromatic rings. The van der Waals surface area contributed by atoms with Crippen LogP contribution >= 0.6 is 0 Å². The summed E-state index contributed by atoms with van der Waals surface area (Å²) in [6.45, 7) is 3.03. The van der Waals surface area contributed by atoms with Crippen molar-refractivity contribution in [3.63, 3.8) is 0 Å². The van der Waals surface area contributed by atoms with Gasteiger partial charge in [-0.25, -0.2) is 4.79 Å². The molecule has 2 amide bonds. The molecule has 1 aliphatic heterocycles. The molecule has 1 N–H and O–H groups in total. The Hall–Kier alpha value is -3.88. The van der Waals surface area contributed by atoms with Gasteiger partial charge in [0.2, 0.25) is 0 Å². The zero-order valence-electron chi connectivity index (χ0n) is 23.6. The highest BCUT2D eigenvalue weighted by molar-refractivity contribution is 5.81. The summed E-state index contributed by atoms with van der Waals surface area (Å²) < 4.78 is 16.2. The van der Waals surface area contributed by atoms with Crippen LogP contribution in [0.5, 0.6) is 11.5 Å². The van der Waals surface area contributed by atoms with Crippen LogP contribution in [-0.4, -0.2) is 75.2 Å². The number of urea groups is 1. The number of piperidine rings is 1. The fourth-order valence-corrected chi connectivity index (χ4v) is 5.27. The van der Waals surface area contributed by atoms with E-state index in [0.29, 0.717) is 52.2 Å². The molecule has 1 saturated heterocycles. The fourth-order valence-electron chi connectivity index (χ4n) is 5.27. The van der Waals surface area contributed by atoms with E-state index in [1.54, 1.807) is 26.2 Å². The van der Waals surface area contributed by atoms with Crippen LogP contribution in [0.3, 0.4) is 0 Å². The smallest absolute Gasteiger partial charge is 0.318 e. The molecule has 0 atom stereocenters. The molecule has 1 heterocycles. The number of nitrogens with zero attached hydrogens (tertiary/aromatic N) is 2. The Balaban J connectivity index is 1.45. The first-order valence-electron chi connectivity index (χ1n) is 13.6. The van der Waals surface area contributed by atoms with Gasteiger partial charge in [0.25, 0.3) is 0 Å². The minimum atomic E-state index is -0.899. The van der Waals surface area contributed by atoms with Gasteiger partial charge in [-0.15, -0.1) is 0 Å². The van der Waals surface area contributed by atoms with Crippen LogP contribution in [0.15, 0.2) is 72.8 Å². The van der Waals surface area contributed by atoms with E-state index in [0.717, 1.165) is 40.0 Å². The van der Waals surface area contributed by atoms with Gasteiger partial charge in [-0.05, 0) is 53.8 Å².